The van der Waals surface area contributed by atoms with Crippen LogP contribution < -0.4 is 10.1 Å². The fourth-order valence-corrected chi connectivity index (χ4v) is 3.06. The highest BCUT2D eigenvalue weighted by molar-refractivity contribution is 6.30. The topological polar surface area (TPSA) is 54.1 Å². The van der Waals surface area contributed by atoms with Crippen LogP contribution in [-0.4, -0.2) is 10.9 Å². The molecular weight excluding hydrogens is 372 g/mol. The number of carbonyl (C=O) groups excluding carboxylic acids is 1. The number of aromatic amines is 1. The lowest BCUT2D eigenvalue weighted by Crippen LogP contribution is -2.22. The highest BCUT2D eigenvalue weighted by atomic mass is 35.5. The van der Waals surface area contributed by atoms with Crippen molar-refractivity contribution < 1.29 is 9.53 Å². The molecule has 1 aromatic heterocycles. The highest BCUT2D eigenvalue weighted by Gasteiger charge is 2.10. The van der Waals surface area contributed by atoms with Crippen molar-refractivity contribution in [2.45, 2.75) is 13.2 Å². The van der Waals surface area contributed by atoms with Gasteiger partial charge in [-0.15, -0.1) is 0 Å². The van der Waals surface area contributed by atoms with Crippen molar-refractivity contribution >= 4 is 28.4 Å². The third kappa shape index (κ3) is 4.35. The summed E-state index contributed by atoms with van der Waals surface area (Å²) >= 11 is 5.88. The van der Waals surface area contributed by atoms with Gasteiger partial charge in [0.2, 0.25) is 0 Å². The molecule has 0 aliphatic carbocycles. The van der Waals surface area contributed by atoms with Crippen LogP contribution in [0.15, 0.2) is 78.9 Å². The molecule has 0 radical (unpaired) electrons. The second-order valence-electron chi connectivity index (χ2n) is 6.52. The molecule has 0 spiro atoms. The Morgan fingerprint density at radius 1 is 0.929 bits per heavy atom. The van der Waals surface area contributed by atoms with Gasteiger partial charge in [0.25, 0.3) is 5.91 Å². The Morgan fingerprint density at radius 3 is 2.50 bits per heavy atom. The largest absolute Gasteiger partial charge is 0.489 e. The van der Waals surface area contributed by atoms with Gasteiger partial charge in [-0.05, 0) is 41.5 Å². The molecule has 0 saturated heterocycles. The minimum absolute atomic E-state index is 0.155. The second-order valence-corrected chi connectivity index (χ2v) is 6.95. The number of hydrogen-bond acceptors (Lipinski definition) is 2. The number of aromatic nitrogens is 1. The van der Waals surface area contributed by atoms with Gasteiger partial charge in [-0.1, -0.05) is 54.1 Å². The van der Waals surface area contributed by atoms with Crippen molar-refractivity contribution in [2.24, 2.45) is 0 Å². The molecule has 0 saturated carbocycles. The number of hydrogen-bond donors (Lipinski definition) is 2. The number of halogens is 1. The van der Waals surface area contributed by atoms with Crippen LogP contribution in [0.1, 0.15) is 21.6 Å². The number of H-pyrrole nitrogens is 1. The average molecular weight is 391 g/mol. The van der Waals surface area contributed by atoms with Gasteiger partial charge in [-0.25, -0.2) is 0 Å². The molecule has 5 heteroatoms. The normalized spacial score (nSPS) is 10.8. The number of benzene rings is 3. The second kappa shape index (κ2) is 8.19. The summed E-state index contributed by atoms with van der Waals surface area (Å²) in [5, 5.41) is 4.55. The molecule has 140 valence electrons. The lowest BCUT2D eigenvalue weighted by atomic mass is 10.2. The zero-order chi connectivity index (χ0) is 19.3. The van der Waals surface area contributed by atoms with Gasteiger partial charge in [0.05, 0.1) is 0 Å². The summed E-state index contributed by atoms with van der Waals surface area (Å²) in [4.78, 5) is 15.6. The van der Waals surface area contributed by atoms with Crippen LogP contribution in [0.3, 0.4) is 0 Å². The van der Waals surface area contributed by atoms with E-state index in [-0.39, 0.29) is 5.91 Å². The minimum Gasteiger partial charge on any atom is -0.489 e. The first-order valence-corrected chi connectivity index (χ1v) is 9.37. The summed E-state index contributed by atoms with van der Waals surface area (Å²) in [6.07, 6.45) is 0. The molecule has 0 fully saturated rings. The third-order valence-electron chi connectivity index (χ3n) is 4.45. The van der Waals surface area contributed by atoms with Gasteiger partial charge >= 0.3 is 0 Å². The molecular formula is C23H19ClN2O2. The zero-order valence-electron chi connectivity index (χ0n) is 15.1. The zero-order valence-corrected chi connectivity index (χ0v) is 15.9. The minimum atomic E-state index is -0.155. The van der Waals surface area contributed by atoms with Crippen molar-refractivity contribution in [1.82, 2.24) is 10.3 Å². The predicted molar refractivity (Wildman–Crippen MR) is 112 cm³/mol. The Morgan fingerprint density at radius 2 is 1.71 bits per heavy atom. The van der Waals surface area contributed by atoms with Crippen LogP contribution in [0.2, 0.25) is 5.02 Å². The highest BCUT2D eigenvalue weighted by Crippen LogP contribution is 2.22. The van der Waals surface area contributed by atoms with E-state index in [4.69, 9.17) is 16.3 Å². The summed E-state index contributed by atoms with van der Waals surface area (Å²) in [7, 11) is 0. The Hall–Kier alpha value is -3.24. The van der Waals surface area contributed by atoms with E-state index in [9.17, 15) is 4.79 Å². The Kier molecular flexibility index (Phi) is 5.31. The van der Waals surface area contributed by atoms with Gasteiger partial charge in [0, 0.05) is 28.5 Å². The number of amides is 1. The van der Waals surface area contributed by atoms with Crippen molar-refractivity contribution in [3.05, 3.63) is 101 Å². The molecule has 1 heterocycles. The van der Waals surface area contributed by atoms with Crippen molar-refractivity contribution in [2.75, 3.05) is 0 Å². The molecule has 0 aliphatic rings. The van der Waals surface area contributed by atoms with Crippen molar-refractivity contribution in [1.29, 1.82) is 0 Å². The van der Waals surface area contributed by atoms with Gasteiger partial charge in [-0.3, -0.25) is 4.79 Å². The van der Waals surface area contributed by atoms with E-state index >= 15 is 0 Å². The van der Waals surface area contributed by atoms with Crippen LogP contribution in [0, 0.1) is 0 Å². The molecule has 0 atom stereocenters. The van der Waals surface area contributed by atoms with Gasteiger partial charge < -0.3 is 15.0 Å². The number of nitrogens with one attached hydrogen (secondary N) is 2. The number of rotatable bonds is 6. The van der Waals surface area contributed by atoms with E-state index < -0.39 is 0 Å². The average Bonchev–Trinajstić information content (AvgIpc) is 3.16. The van der Waals surface area contributed by atoms with Gasteiger partial charge in [0.15, 0.2) is 0 Å². The first kappa shape index (κ1) is 18.1. The summed E-state index contributed by atoms with van der Waals surface area (Å²) in [5.41, 5.74) is 3.48. The fraction of sp³-hybridized carbons (Fsp3) is 0.0870. The fourth-order valence-electron chi connectivity index (χ4n) is 2.94. The Labute approximate surface area is 168 Å². The third-order valence-corrected chi connectivity index (χ3v) is 4.71. The monoisotopic (exact) mass is 390 g/mol. The van der Waals surface area contributed by atoms with E-state index in [0.29, 0.717) is 23.9 Å². The molecule has 0 aliphatic heterocycles. The molecule has 0 unspecified atom stereocenters. The van der Waals surface area contributed by atoms with Crippen LogP contribution in [0.4, 0.5) is 0 Å². The maximum atomic E-state index is 12.5. The maximum Gasteiger partial charge on any atom is 0.267 e. The molecule has 0 bridgehead atoms. The van der Waals surface area contributed by atoms with E-state index in [1.54, 1.807) is 0 Å². The first-order valence-electron chi connectivity index (χ1n) is 8.99. The van der Waals surface area contributed by atoms with E-state index in [1.165, 1.54) is 0 Å². The Balaban J connectivity index is 1.42. The lowest BCUT2D eigenvalue weighted by molar-refractivity contribution is 0.0946. The molecule has 4 rings (SSSR count). The van der Waals surface area contributed by atoms with Crippen molar-refractivity contribution in [3.63, 3.8) is 0 Å². The smallest absolute Gasteiger partial charge is 0.267 e. The van der Waals surface area contributed by atoms with E-state index in [0.717, 1.165) is 27.8 Å². The van der Waals surface area contributed by atoms with Crippen LogP contribution in [0.25, 0.3) is 10.9 Å². The van der Waals surface area contributed by atoms with E-state index in [2.05, 4.69) is 10.3 Å². The predicted octanol–water partition coefficient (Wildman–Crippen LogP) is 5.33. The molecule has 4 aromatic rings. The SMILES string of the molecule is O=C(NCc1ccc(Cl)cc1)c1cc2ccc(OCc3ccccc3)cc2[nH]1. The standard InChI is InChI=1S/C23H19ClN2O2/c24-19-9-6-16(7-10-19)14-25-23(27)22-12-18-8-11-20(13-21(18)26-22)28-15-17-4-2-1-3-5-17/h1-13,26H,14-15H2,(H,25,27). The van der Waals surface area contributed by atoms with Gasteiger partial charge in [-0.2, -0.15) is 0 Å². The number of fused-ring (bicyclic) bond motifs is 1. The molecule has 3 aromatic carbocycles. The molecule has 1 amide bonds. The quantitative estimate of drug-likeness (QED) is 0.467. The van der Waals surface area contributed by atoms with Crippen molar-refractivity contribution in [3.8, 4) is 5.75 Å². The molecule has 28 heavy (non-hydrogen) atoms. The summed E-state index contributed by atoms with van der Waals surface area (Å²) in [6, 6.07) is 25.0. The first-order chi connectivity index (χ1) is 13.7. The number of carbonyl (C=O) groups is 1. The molecule has 2 N–H and O–H groups in total. The van der Waals surface area contributed by atoms with Crippen LogP contribution in [-0.2, 0) is 13.2 Å². The van der Waals surface area contributed by atoms with E-state index in [1.807, 2.05) is 78.9 Å². The number of ether oxygens (including phenoxy) is 1. The lowest BCUT2D eigenvalue weighted by Gasteiger charge is -2.06. The van der Waals surface area contributed by atoms with Gasteiger partial charge in [0.1, 0.15) is 18.1 Å². The summed E-state index contributed by atoms with van der Waals surface area (Å²) < 4.78 is 5.85. The Bertz CT molecular complexity index is 1090. The molecule has 4 nitrogen and oxygen atoms in total. The maximum absolute atomic E-state index is 12.5. The summed E-state index contributed by atoms with van der Waals surface area (Å²) in [5.74, 6) is 0.601. The van der Waals surface area contributed by atoms with Crippen LogP contribution >= 0.6 is 11.6 Å². The van der Waals surface area contributed by atoms with Crippen LogP contribution in [0.5, 0.6) is 5.75 Å². The summed E-state index contributed by atoms with van der Waals surface area (Å²) in [6.45, 7) is 0.943.